The Morgan fingerprint density at radius 3 is 2.82 bits per heavy atom. The molecule has 102 valence electrons. The fourth-order valence-electron chi connectivity index (χ4n) is 1.67. The first kappa shape index (κ1) is 16.6. The van der Waals surface area contributed by atoms with Gasteiger partial charge in [0.15, 0.2) is 0 Å². The molecule has 0 radical (unpaired) electrons. The second-order valence-corrected chi connectivity index (χ2v) is 3.86. The molecule has 1 atom stereocenters. The van der Waals surface area contributed by atoms with Crippen LogP contribution in [0.4, 0.5) is 0 Å². The van der Waals surface area contributed by atoms with Crippen LogP contribution in [-0.2, 0) is 14.3 Å². The molecule has 0 aliphatic carbocycles. The highest BCUT2D eigenvalue weighted by Crippen LogP contribution is 2.00. The van der Waals surface area contributed by atoms with Crippen LogP contribution in [0.2, 0.25) is 0 Å². The van der Waals surface area contributed by atoms with E-state index in [9.17, 15) is 4.79 Å². The fraction of sp³-hybridized carbons (Fsp3) is 0.909. The molecule has 0 aromatic heterocycles. The lowest BCUT2D eigenvalue weighted by Gasteiger charge is -2.23. The van der Waals surface area contributed by atoms with E-state index in [1.54, 1.807) is 0 Å². The summed E-state index contributed by atoms with van der Waals surface area (Å²) in [5.74, 6) is -0.0369. The van der Waals surface area contributed by atoms with Crippen LogP contribution in [0.5, 0.6) is 0 Å². The second-order valence-electron chi connectivity index (χ2n) is 3.86. The summed E-state index contributed by atoms with van der Waals surface area (Å²) in [7, 11) is 0. The van der Waals surface area contributed by atoms with Crippen LogP contribution in [-0.4, -0.2) is 51.5 Å². The quantitative estimate of drug-likeness (QED) is 0.652. The molecule has 0 aromatic carbocycles. The van der Waals surface area contributed by atoms with E-state index >= 15 is 0 Å². The molecule has 1 fully saturated rings. The van der Waals surface area contributed by atoms with Gasteiger partial charge in [-0.3, -0.25) is 4.79 Å². The SMILES string of the molecule is CCOCCOCC(=O)NC1CCCNC1.Cl. The summed E-state index contributed by atoms with van der Waals surface area (Å²) >= 11 is 0. The molecule has 2 N–H and O–H groups in total. The predicted octanol–water partition coefficient (Wildman–Crippen LogP) is 0.330. The van der Waals surface area contributed by atoms with Crippen LogP contribution < -0.4 is 10.6 Å². The van der Waals surface area contributed by atoms with Gasteiger partial charge in [0.1, 0.15) is 6.61 Å². The molecule has 1 unspecified atom stereocenters. The number of carbonyl (C=O) groups excluding carboxylic acids is 1. The molecule has 0 saturated carbocycles. The summed E-state index contributed by atoms with van der Waals surface area (Å²) in [5, 5.41) is 6.19. The van der Waals surface area contributed by atoms with E-state index in [1.807, 2.05) is 6.92 Å². The number of carbonyl (C=O) groups is 1. The second kappa shape index (κ2) is 10.8. The molecule has 0 bridgehead atoms. The first-order valence-electron chi connectivity index (χ1n) is 5.98. The van der Waals surface area contributed by atoms with Crippen molar-refractivity contribution < 1.29 is 14.3 Å². The van der Waals surface area contributed by atoms with Gasteiger partial charge in [-0.1, -0.05) is 0 Å². The highest BCUT2D eigenvalue weighted by Gasteiger charge is 2.14. The van der Waals surface area contributed by atoms with Gasteiger partial charge >= 0.3 is 0 Å². The third kappa shape index (κ3) is 8.37. The van der Waals surface area contributed by atoms with Crippen molar-refractivity contribution in [1.29, 1.82) is 0 Å². The monoisotopic (exact) mass is 266 g/mol. The number of halogens is 1. The molecule has 1 rings (SSSR count). The average Bonchev–Trinajstić information content (AvgIpc) is 2.30. The lowest BCUT2D eigenvalue weighted by atomic mass is 10.1. The molecule has 0 aromatic rings. The number of nitrogens with one attached hydrogen (secondary N) is 2. The topological polar surface area (TPSA) is 59.6 Å². The summed E-state index contributed by atoms with van der Waals surface area (Å²) < 4.78 is 10.3. The maximum atomic E-state index is 11.4. The van der Waals surface area contributed by atoms with Gasteiger partial charge in [0, 0.05) is 19.2 Å². The van der Waals surface area contributed by atoms with E-state index in [4.69, 9.17) is 9.47 Å². The molecule has 1 saturated heterocycles. The van der Waals surface area contributed by atoms with E-state index in [-0.39, 0.29) is 31.0 Å². The molecule has 1 heterocycles. The highest BCUT2D eigenvalue weighted by atomic mass is 35.5. The van der Waals surface area contributed by atoms with E-state index < -0.39 is 0 Å². The first-order valence-corrected chi connectivity index (χ1v) is 5.98. The molecular weight excluding hydrogens is 244 g/mol. The minimum atomic E-state index is -0.0369. The van der Waals surface area contributed by atoms with Gasteiger partial charge in [0.2, 0.25) is 5.91 Å². The van der Waals surface area contributed by atoms with Crippen LogP contribution in [0.3, 0.4) is 0 Å². The number of hydrogen-bond acceptors (Lipinski definition) is 4. The zero-order chi connectivity index (χ0) is 11.6. The van der Waals surface area contributed by atoms with Gasteiger partial charge in [0.25, 0.3) is 0 Å². The van der Waals surface area contributed by atoms with E-state index in [2.05, 4.69) is 10.6 Å². The minimum absolute atomic E-state index is 0. The Labute approximate surface area is 109 Å². The molecule has 1 aliphatic rings. The molecule has 1 aliphatic heterocycles. The highest BCUT2D eigenvalue weighted by molar-refractivity contribution is 5.85. The molecule has 0 spiro atoms. The Balaban J connectivity index is 0.00000256. The van der Waals surface area contributed by atoms with E-state index in [0.29, 0.717) is 19.8 Å². The van der Waals surface area contributed by atoms with Crippen LogP contribution in [0.25, 0.3) is 0 Å². The maximum Gasteiger partial charge on any atom is 0.246 e. The van der Waals surface area contributed by atoms with Crippen molar-refractivity contribution in [3.63, 3.8) is 0 Å². The number of hydrogen-bond donors (Lipinski definition) is 2. The Morgan fingerprint density at radius 2 is 2.18 bits per heavy atom. The van der Waals surface area contributed by atoms with Crippen molar-refractivity contribution in [3.05, 3.63) is 0 Å². The Morgan fingerprint density at radius 1 is 1.41 bits per heavy atom. The van der Waals surface area contributed by atoms with Crippen LogP contribution in [0.1, 0.15) is 19.8 Å². The van der Waals surface area contributed by atoms with Crippen molar-refractivity contribution in [2.75, 3.05) is 39.5 Å². The van der Waals surface area contributed by atoms with Crippen LogP contribution in [0.15, 0.2) is 0 Å². The minimum Gasteiger partial charge on any atom is -0.379 e. The van der Waals surface area contributed by atoms with Gasteiger partial charge in [-0.25, -0.2) is 0 Å². The molecule has 17 heavy (non-hydrogen) atoms. The van der Waals surface area contributed by atoms with Gasteiger partial charge in [-0.2, -0.15) is 0 Å². The van der Waals surface area contributed by atoms with E-state index in [0.717, 1.165) is 25.9 Å². The van der Waals surface area contributed by atoms with Crippen LogP contribution >= 0.6 is 12.4 Å². The molecule has 1 amide bonds. The maximum absolute atomic E-state index is 11.4. The molecular formula is C11H23ClN2O3. The normalized spacial score (nSPS) is 19.5. The smallest absolute Gasteiger partial charge is 0.246 e. The largest absolute Gasteiger partial charge is 0.379 e. The predicted molar refractivity (Wildman–Crippen MR) is 68.6 cm³/mol. The van der Waals surface area contributed by atoms with Crippen molar-refractivity contribution in [3.8, 4) is 0 Å². The Hall–Kier alpha value is -0.360. The fourth-order valence-corrected chi connectivity index (χ4v) is 1.67. The lowest BCUT2D eigenvalue weighted by Crippen LogP contribution is -2.46. The van der Waals surface area contributed by atoms with Crippen molar-refractivity contribution >= 4 is 18.3 Å². The third-order valence-electron chi connectivity index (χ3n) is 2.47. The van der Waals surface area contributed by atoms with Crippen molar-refractivity contribution in [1.82, 2.24) is 10.6 Å². The van der Waals surface area contributed by atoms with Crippen LogP contribution in [0, 0.1) is 0 Å². The lowest BCUT2D eigenvalue weighted by molar-refractivity contribution is -0.127. The number of amides is 1. The number of piperidine rings is 1. The summed E-state index contributed by atoms with van der Waals surface area (Å²) in [4.78, 5) is 11.4. The standard InChI is InChI=1S/C11H22N2O3.ClH/c1-2-15-6-7-16-9-11(14)13-10-4-3-5-12-8-10;/h10,12H,2-9H2,1H3,(H,13,14);1H. The van der Waals surface area contributed by atoms with Gasteiger partial charge < -0.3 is 20.1 Å². The summed E-state index contributed by atoms with van der Waals surface area (Å²) in [5.41, 5.74) is 0. The number of ether oxygens (including phenoxy) is 2. The Bertz CT molecular complexity index is 199. The number of rotatable bonds is 7. The summed E-state index contributed by atoms with van der Waals surface area (Å²) in [6, 6.07) is 0.261. The van der Waals surface area contributed by atoms with Gasteiger partial charge in [-0.05, 0) is 26.3 Å². The zero-order valence-corrected chi connectivity index (χ0v) is 11.2. The summed E-state index contributed by atoms with van der Waals surface area (Å²) in [6.45, 7) is 5.69. The first-order chi connectivity index (χ1) is 7.83. The summed E-state index contributed by atoms with van der Waals surface area (Å²) in [6.07, 6.45) is 2.17. The van der Waals surface area contributed by atoms with Gasteiger partial charge in [-0.15, -0.1) is 12.4 Å². The van der Waals surface area contributed by atoms with E-state index in [1.165, 1.54) is 0 Å². The Kier molecular flexibility index (Phi) is 10.5. The third-order valence-corrected chi connectivity index (χ3v) is 2.47. The van der Waals surface area contributed by atoms with Gasteiger partial charge in [0.05, 0.1) is 13.2 Å². The zero-order valence-electron chi connectivity index (χ0n) is 10.4. The van der Waals surface area contributed by atoms with Crippen molar-refractivity contribution in [2.24, 2.45) is 0 Å². The van der Waals surface area contributed by atoms with Crippen molar-refractivity contribution in [2.45, 2.75) is 25.8 Å². The average molecular weight is 267 g/mol. The molecule has 6 heteroatoms. The molecule has 5 nitrogen and oxygen atoms in total.